The van der Waals surface area contributed by atoms with Crippen LogP contribution in [0, 0.1) is 5.92 Å². The average Bonchev–Trinajstić information content (AvgIpc) is 2.92. The Kier molecular flexibility index (Phi) is 17.6. The van der Waals surface area contributed by atoms with Crippen LogP contribution in [0.3, 0.4) is 0 Å². The SMILES string of the molecule is CCCCCOC(=O)Oc1ccc(C[C@H](N)C(=O)OC[C@H](C)OC(=O)OCC(C)C)cc1OC(=O)OCCCCC. The van der Waals surface area contributed by atoms with Crippen molar-refractivity contribution in [1.82, 2.24) is 0 Å². The highest BCUT2D eigenvalue weighted by atomic mass is 16.7. The second-order valence-corrected chi connectivity index (χ2v) is 9.92. The summed E-state index contributed by atoms with van der Waals surface area (Å²) in [6, 6.07) is 3.29. The van der Waals surface area contributed by atoms with E-state index in [9.17, 15) is 19.2 Å². The molecule has 1 aromatic carbocycles. The maximum Gasteiger partial charge on any atom is 0.513 e. The summed E-state index contributed by atoms with van der Waals surface area (Å²) in [5.74, 6) is -0.743. The molecule has 0 spiro atoms. The van der Waals surface area contributed by atoms with Crippen molar-refractivity contribution in [3.05, 3.63) is 23.8 Å². The third-order valence-corrected chi connectivity index (χ3v) is 5.38. The second-order valence-electron chi connectivity index (χ2n) is 9.92. The first-order valence-electron chi connectivity index (χ1n) is 14.1. The number of unbranched alkanes of at least 4 members (excludes halogenated alkanes) is 4. The standard InChI is InChI=1S/C29H45NO11/c1-6-8-10-14-35-27(32)40-24-13-12-22(17-25(24)41-28(33)36-15-11-9-7-2)16-23(30)26(31)37-19-21(5)39-29(34)38-18-20(3)4/h12-13,17,20-21,23H,6-11,14-16,18-19,30H2,1-5H3/t21-,23-/m0/s1. The van der Waals surface area contributed by atoms with E-state index in [0.717, 1.165) is 25.7 Å². The fraction of sp³-hybridized carbons (Fsp3) is 0.655. The number of rotatable bonds is 18. The van der Waals surface area contributed by atoms with Crippen LogP contribution in [0.5, 0.6) is 11.5 Å². The van der Waals surface area contributed by atoms with Crippen molar-refractivity contribution in [1.29, 1.82) is 0 Å². The summed E-state index contributed by atoms with van der Waals surface area (Å²) in [5, 5.41) is 0. The largest absolute Gasteiger partial charge is 0.513 e. The number of benzene rings is 1. The van der Waals surface area contributed by atoms with Gasteiger partial charge in [-0.25, -0.2) is 14.4 Å². The van der Waals surface area contributed by atoms with E-state index in [2.05, 4.69) is 0 Å². The van der Waals surface area contributed by atoms with Crippen LogP contribution in [-0.4, -0.2) is 63.0 Å². The Hall–Kier alpha value is -3.54. The number of carbonyl (C=O) groups excluding carboxylic acids is 4. The van der Waals surface area contributed by atoms with Crippen LogP contribution in [-0.2, 0) is 34.9 Å². The van der Waals surface area contributed by atoms with E-state index < -0.39 is 36.6 Å². The molecular weight excluding hydrogens is 538 g/mol. The summed E-state index contributed by atoms with van der Waals surface area (Å²) in [5.41, 5.74) is 6.51. The number of esters is 1. The van der Waals surface area contributed by atoms with Crippen LogP contribution in [0.1, 0.15) is 78.7 Å². The molecule has 0 aliphatic carbocycles. The predicted octanol–water partition coefficient (Wildman–Crippen LogP) is 5.71. The molecule has 2 N–H and O–H groups in total. The molecule has 0 aromatic heterocycles. The zero-order valence-electron chi connectivity index (χ0n) is 24.8. The lowest BCUT2D eigenvalue weighted by Gasteiger charge is -2.17. The van der Waals surface area contributed by atoms with Crippen LogP contribution in [0.2, 0.25) is 0 Å². The minimum Gasteiger partial charge on any atom is -0.461 e. The maximum atomic E-state index is 12.4. The van der Waals surface area contributed by atoms with Crippen molar-refractivity contribution in [2.75, 3.05) is 26.4 Å². The van der Waals surface area contributed by atoms with Crippen molar-refractivity contribution >= 4 is 24.4 Å². The number of ether oxygens (including phenoxy) is 7. The quantitative estimate of drug-likeness (QED) is 0.0972. The molecule has 0 bridgehead atoms. The summed E-state index contributed by atoms with van der Waals surface area (Å²) in [4.78, 5) is 48.5. The zero-order chi connectivity index (χ0) is 30.6. The molecule has 0 saturated carbocycles. The van der Waals surface area contributed by atoms with E-state index >= 15 is 0 Å². The normalized spacial score (nSPS) is 12.2. The highest BCUT2D eigenvalue weighted by Crippen LogP contribution is 2.30. The first-order valence-corrected chi connectivity index (χ1v) is 14.1. The maximum absolute atomic E-state index is 12.4. The van der Waals surface area contributed by atoms with Crippen molar-refractivity contribution in [2.45, 2.75) is 91.7 Å². The molecule has 0 aliphatic heterocycles. The highest BCUT2D eigenvalue weighted by Gasteiger charge is 2.21. The van der Waals surface area contributed by atoms with E-state index in [0.29, 0.717) is 18.4 Å². The lowest BCUT2D eigenvalue weighted by Crippen LogP contribution is -2.36. The van der Waals surface area contributed by atoms with Gasteiger partial charge in [0, 0.05) is 0 Å². The molecule has 1 aromatic rings. The molecular formula is C29H45NO11. The first kappa shape index (κ1) is 35.5. The predicted molar refractivity (Wildman–Crippen MR) is 149 cm³/mol. The Balaban J connectivity index is 2.79. The molecule has 0 unspecified atom stereocenters. The smallest absolute Gasteiger partial charge is 0.461 e. The van der Waals surface area contributed by atoms with Gasteiger partial charge in [-0.3, -0.25) is 4.79 Å². The van der Waals surface area contributed by atoms with Crippen LogP contribution < -0.4 is 15.2 Å². The van der Waals surface area contributed by atoms with Gasteiger partial charge in [-0.2, -0.15) is 0 Å². The van der Waals surface area contributed by atoms with Gasteiger partial charge in [-0.15, -0.1) is 0 Å². The Morgan fingerprint density at radius 2 is 1.32 bits per heavy atom. The van der Waals surface area contributed by atoms with Crippen LogP contribution in [0.15, 0.2) is 18.2 Å². The molecule has 0 saturated heterocycles. The molecule has 2 atom stereocenters. The van der Waals surface area contributed by atoms with Gasteiger partial charge < -0.3 is 38.9 Å². The Morgan fingerprint density at radius 1 is 0.732 bits per heavy atom. The third kappa shape index (κ3) is 16.3. The van der Waals surface area contributed by atoms with Gasteiger partial charge in [-0.05, 0) is 49.8 Å². The minimum absolute atomic E-state index is 0.00809. The van der Waals surface area contributed by atoms with Gasteiger partial charge in [0.25, 0.3) is 0 Å². The molecule has 0 amide bonds. The van der Waals surface area contributed by atoms with Crippen molar-refractivity contribution in [3.63, 3.8) is 0 Å². The molecule has 0 radical (unpaired) electrons. The monoisotopic (exact) mass is 583 g/mol. The Bertz CT molecular complexity index is 951. The molecule has 0 aliphatic rings. The lowest BCUT2D eigenvalue weighted by atomic mass is 10.1. The topological polar surface area (TPSA) is 159 Å². The molecule has 0 fully saturated rings. The van der Waals surface area contributed by atoms with E-state index in [1.54, 1.807) is 13.0 Å². The van der Waals surface area contributed by atoms with E-state index in [-0.39, 0.29) is 50.3 Å². The summed E-state index contributed by atoms with van der Waals surface area (Å²) in [6.07, 6.45) is 1.59. The van der Waals surface area contributed by atoms with Crippen LogP contribution in [0.4, 0.5) is 14.4 Å². The van der Waals surface area contributed by atoms with Gasteiger partial charge in [0.05, 0.1) is 19.8 Å². The number of hydrogen-bond acceptors (Lipinski definition) is 12. The fourth-order valence-electron chi connectivity index (χ4n) is 3.21. The Labute approximate surface area is 242 Å². The average molecular weight is 584 g/mol. The van der Waals surface area contributed by atoms with Gasteiger partial charge in [-0.1, -0.05) is 59.4 Å². The third-order valence-electron chi connectivity index (χ3n) is 5.38. The minimum atomic E-state index is -1.08. The van der Waals surface area contributed by atoms with Crippen LogP contribution in [0.25, 0.3) is 0 Å². The molecule has 1 rings (SSSR count). The van der Waals surface area contributed by atoms with Crippen molar-refractivity contribution < 1.29 is 52.3 Å². The second kappa shape index (κ2) is 20.4. The number of hydrogen-bond donors (Lipinski definition) is 1. The number of carbonyl (C=O) groups is 4. The summed E-state index contributed by atoms with van der Waals surface area (Å²) < 4.78 is 35.8. The lowest BCUT2D eigenvalue weighted by molar-refractivity contribution is -0.148. The fourth-order valence-corrected chi connectivity index (χ4v) is 3.21. The van der Waals surface area contributed by atoms with Gasteiger partial charge in [0.2, 0.25) is 0 Å². The van der Waals surface area contributed by atoms with E-state index in [1.807, 2.05) is 27.7 Å². The molecule has 232 valence electrons. The molecule has 12 nitrogen and oxygen atoms in total. The summed E-state index contributed by atoms with van der Waals surface area (Å²) in [7, 11) is 0. The van der Waals surface area contributed by atoms with E-state index in [1.165, 1.54) is 12.1 Å². The van der Waals surface area contributed by atoms with Crippen molar-refractivity contribution in [2.24, 2.45) is 11.7 Å². The van der Waals surface area contributed by atoms with Gasteiger partial charge in [0.15, 0.2) is 11.5 Å². The highest BCUT2D eigenvalue weighted by molar-refractivity contribution is 5.76. The molecule has 41 heavy (non-hydrogen) atoms. The van der Waals surface area contributed by atoms with Gasteiger partial charge >= 0.3 is 24.4 Å². The zero-order valence-corrected chi connectivity index (χ0v) is 24.8. The first-order chi connectivity index (χ1) is 19.5. The van der Waals surface area contributed by atoms with E-state index in [4.69, 9.17) is 38.9 Å². The van der Waals surface area contributed by atoms with Crippen LogP contribution >= 0.6 is 0 Å². The Morgan fingerprint density at radius 3 is 1.88 bits per heavy atom. The molecule has 12 heteroatoms. The van der Waals surface area contributed by atoms with Gasteiger partial charge in [0.1, 0.15) is 18.8 Å². The molecule has 0 heterocycles. The van der Waals surface area contributed by atoms with Crippen molar-refractivity contribution in [3.8, 4) is 11.5 Å². The number of nitrogens with two attached hydrogens (primary N) is 1. The summed E-state index contributed by atoms with van der Waals surface area (Å²) >= 11 is 0. The summed E-state index contributed by atoms with van der Waals surface area (Å²) in [6.45, 7) is 9.74.